The zero-order valence-electron chi connectivity index (χ0n) is 53.6. The minimum Gasteiger partial charge on any atom is -0.445 e. The third-order valence-electron chi connectivity index (χ3n) is 16.9. The van der Waals surface area contributed by atoms with Crippen LogP contribution in [0.3, 0.4) is 0 Å². The SMILES string of the molecule is CCCCCCCCCCCCCC(=O)N[C@H](CC(N)=O)C(=O)Nc1ccc(COC(=O)N(C)[C@H](C(=O)N[C@H](C(=O)N(C)[C@@H]([C@@H](C)CC)[C@@H](CC(=O)N2CCC[C@H]2[C@H](OC)[C@@H](C)C(O)N[C@H](C)[C@@H](O)c2ccccc2)OC)C(C)C)C(C)C)cc1. The maximum absolute atomic E-state index is 14.8. The van der Waals surface area contributed by atoms with E-state index in [4.69, 9.17) is 19.9 Å². The number of likely N-dealkylation sites (N-methyl/N-ethyl adjacent to an activating group) is 2. The van der Waals surface area contributed by atoms with E-state index in [1.165, 1.54) is 64.0 Å². The molecule has 1 saturated heterocycles. The highest BCUT2D eigenvalue weighted by atomic mass is 16.6. The van der Waals surface area contributed by atoms with Gasteiger partial charge in [0.15, 0.2) is 0 Å². The first-order valence-corrected chi connectivity index (χ1v) is 31.4. The van der Waals surface area contributed by atoms with Crippen molar-refractivity contribution in [2.45, 2.75) is 239 Å². The summed E-state index contributed by atoms with van der Waals surface area (Å²) in [6.45, 7) is 17.4. The van der Waals surface area contributed by atoms with Gasteiger partial charge in [0.25, 0.3) is 0 Å². The van der Waals surface area contributed by atoms with Gasteiger partial charge in [-0.2, -0.15) is 0 Å². The molecule has 0 radical (unpaired) electrons. The van der Waals surface area contributed by atoms with E-state index in [-0.39, 0.29) is 61.5 Å². The summed E-state index contributed by atoms with van der Waals surface area (Å²) in [7, 11) is 6.21. The number of carbonyl (C=O) groups excluding carboxylic acids is 7. The summed E-state index contributed by atoms with van der Waals surface area (Å²) in [5.41, 5.74) is 7.12. The first kappa shape index (κ1) is 73.6. The van der Waals surface area contributed by atoms with Crippen LogP contribution in [0.15, 0.2) is 54.6 Å². The summed E-state index contributed by atoms with van der Waals surface area (Å²) in [5, 5.41) is 33.9. The van der Waals surface area contributed by atoms with E-state index in [9.17, 15) is 43.8 Å². The van der Waals surface area contributed by atoms with Crippen molar-refractivity contribution in [3.63, 3.8) is 0 Å². The predicted molar refractivity (Wildman–Crippen MR) is 331 cm³/mol. The van der Waals surface area contributed by atoms with Gasteiger partial charge in [-0.1, -0.05) is 168 Å². The Kier molecular flexibility index (Phi) is 33.3. The first-order chi connectivity index (χ1) is 40.4. The normalized spacial score (nSPS) is 17.3. The van der Waals surface area contributed by atoms with Gasteiger partial charge in [0, 0.05) is 58.9 Å². The lowest BCUT2D eigenvalue weighted by atomic mass is 9.89. The minimum atomic E-state index is -1.16. The second-order valence-corrected chi connectivity index (χ2v) is 24.3. The number of nitrogens with one attached hydrogen (secondary N) is 4. The molecular weight excluding hydrogens is 1080 g/mol. The maximum atomic E-state index is 14.8. The molecule has 2 aromatic rings. The Bertz CT molecular complexity index is 2330. The van der Waals surface area contributed by atoms with Crippen LogP contribution >= 0.6 is 0 Å². The van der Waals surface area contributed by atoms with E-state index in [1.807, 2.05) is 65.0 Å². The molecule has 0 saturated carbocycles. The maximum Gasteiger partial charge on any atom is 0.410 e. The number of unbranched alkanes of at least 4 members (excludes halogenated alkanes) is 10. The van der Waals surface area contributed by atoms with Crippen LogP contribution in [0, 0.1) is 23.7 Å². The lowest BCUT2D eigenvalue weighted by Crippen LogP contribution is -2.60. The van der Waals surface area contributed by atoms with Crippen LogP contribution in [0.25, 0.3) is 0 Å². The number of benzene rings is 2. The molecule has 1 aliphatic rings. The number of nitrogens with two attached hydrogens (primary N) is 1. The van der Waals surface area contributed by atoms with Crippen LogP contribution in [-0.4, -0.2) is 156 Å². The van der Waals surface area contributed by atoms with Crippen LogP contribution in [-0.2, 0) is 49.6 Å². The number of primary amides is 1. The quantitative estimate of drug-likeness (QED) is 0.0244. The van der Waals surface area contributed by atoms with Gasteiger partial charge in [0.05, 0.1) is 43.2 Å². The Labute approximate surface area is 508 Å². The number of ether oxygens (including phenoxy) is 3. The molecule has 1 fully saturated rings. The highest BCUT2D eigenvalue weighted by Crippen LogP contribution is 2.31. The number of amides is 7. The van der Waals surface area contributed by atoms with Crippen molar-refractivity contribution < 1.29 is 58.0 Å². The van der Waals surface area contributed by atoms with Crippen LogP contribution in [0.1, 0.15) is 189 Å². The standard InChI is InChI=1S/C65H108N8O12/c1-14-16-17-18-19-20-21-22-23-24-28-33-54(75)69-50(39-53(66)74)62(79)68-49-36-34-47(35-37-49)41-85-65(82)72(11)57(43(5)6)63(80)70-56(42(3)4)64(81)71(10)58(44(7)15-2)52(83-12)40-55(76)73-38-29-32-51(73)60(84-13)45(8)61(78)67-46(9)59(77)48-30-26-25-27-31-48/h25-27,30-31,34-37,42-46,50-52,56-61,67,77-78H,14-24,28-29,32-33,38-41H2,1-13H3,(H2,66,74)(H,68,79)(H,69,75)(H,70,80)/t44-,45+,46+,50+,51-,52+,56-,57-,58-,59+,60+,61?/m0/s1. The van der Waals surface area contributed by atoms with E-state index in [2.05, 4.69) is 28.2 Å². The fourth-order valence-electron chi connectivity index (χ4n) is 11.6. The van der Waals surface area contributed by atoms with Crippen molar-refractivity contribution in [1.29, 1.82) is 0 Å². The molecule has 12 atom stereocenters. The van der Waals surface area contributed by atoms with Crippen LogP contribution in [0.4, 0.5) is 10.5 Å². The summed E-state index contributed by atoms with van der Waals surface area (Å²) >= 11 is 0. The average Bonchev–Trinajstić information content (AvgIpc) is 3.93. The average molecular weight is 1190 g/mol. The van der Waals surface area contributed by atoms with Crippen molar-refractivity contribution in [3.05, 3.63) is 65.7 Å². The van der Waals surface area contributed by atoms with Gasteiger partial charge in [-0.3, -0.25) is 39.0 Å². The van der Waals surface area contributed by atoms with E-state index >= 15 is 0 Å². The van der Waals surface area contributed by atoms with E-state index < -0.39 is 90.4 Å². The Hall–Kier alpha value is -5.67. The summed E-state index contributed by atoms with van der Waals surface area (Å²) in [5.74, 6) is -4.21. The molecule has 1 heterocycles. The van der Waals surface area contributed by atoms with Crippen LogP contribution in [0.2, 0.25) is 0 Å². The second kappa shape index (κ2) is 38.5. The van der Waals surface area contributed by atoms with Gasteiger partial charge in [0.2, 0.25) is 35.4 Å². The third-order valence-corrected chi connectivity index (χ3v) is 16.9. The Balaban J connectivity index is 1.62. The molecule has 480 valence electrons. The van der Waals surface area contributed by atoms with Crippen molar-refractivity contribution in [2.75, 3.05) is 40.2 Å². The number of hydrogen-bond acceptors (Lipinski definition) is 13. The molecule has 3 rings (SSSR count). The zero-order chi connectivity index (χ0) is 63.3. The molecule has 85 heavy (non-hydrogen) atoms. The minimum absolute atomic E-state index is 0.0490. The van der Waals surface area contributed by atoms with Gasteiger partial charge < -0.3 is 55.9 Å². The number of carbonyl (C=O) groups is 7. The van der Waals surface area contributed by atoms with Crippen molar-refractivity contribution >= 4 is 47.2 Å². The lowest BCUT2D eigenvalue weighted by Gasteiger charge is -2.41. The number of likely N-dealkylation sites (tertiary alicyclic amines) is 1. The third kappa shape index (κ3) is 23.8. The molecule has 0 spiro atoms. The second-order valence-electron chi connectivity index (χ2n) is 24.3. The van der Waals surface area contributed by atoms with Crippen LogP contribution < -0.4 is 27.0 Å². The summed E-state index contributed by atoms with van der Waals surface area (Å²) in [4.78, 5) is 99.7. The van der Waals surface area contributed by atoms with Crippen molar-refractivity contribution in [1.82, 2.24) is 30.7 Å². The zero-order valence-corrected chi connectivity index (χ0v) is 53.6. The number of rotatable bonds is 40. The van der Waals surface area contributed by atoms with Crippen LogP contribution in [0.5, 0.6) is 0 Å². The molecule has 0 bridgehead atoms. The number of hydrogen-bond donors (Lipinski definition) is 7. The number of aliphatic hydroxyl groups excluding tert-OH is 2. The Morgan fingerprint density at radius 1 is 0.729 bits per heavy atom. The summed E-state index contributed by atoms with van der Waals surface area (Å²) < 4.78 is 17.8. The molecule has 0 aromatic heterocycles. The predicted octanol–water partition coefficient (Wildman–Crippen LogP) is 8.37. The molecule has 8 N–H and O–H groups in total. The Morgan fingerprint density at radius 2 is 1.33 bits per heavy atom. The lowest BCUT2D eigenvalue weighted by molar-refractivity contribution is -0.147. The van der Waals surface area contributed by atoms with E-state index in [1.54, 1.807) is 69.0 Å². The number of aliphatic hydroxyl groups is 2. The molecule has 7 amide bonds. The highest BCUT2D eigenvalue weighted by Gasteiger charge is 2.44. The smallest absolute Gasteiger partial charge is 0.410 e. The fraction of sp³-hybridized carbons (Fsp3) is 0.708. The van der Waals surface area contributed by atoms with Gasteiger partial charge in [-0.05, 0) is 67.2 Å². The first-order valence-electron chi connectivity index (χ1n) is 31.4. The molecular formula is C65H108N8O12. The van der Waals surface area contributed by atoms with Gasteiger partial charge in [0.1, 0.15) is 31.0 Å². The number of nitrogens with zero attached hydrogens (tertiary/aromatic N) is 3. The molecule has 20 nitrogen and oxygen atoms in total. The summed E-state index contributed by atoms with van der Waals surface area (Å²) in [6.07, 6.45) is 10.4. The number of anilines is 1. The largest absolute Gasteiger partial charge is 0.445 e. The van der Waals surface area contributed by atoms with Gasteiger partial charge in [-0.15, -0.1) is 0 Å². The molecule has 1 aliphatic heterocycles. The fourth-order valence-corrected chi connectivity index (χ4v) is 11.6. The van der Waals surface area contributed by atoms with Gasteiger partial charge in [-0.25, -0.2) is 4.79 Å². The van der Waals surface area contributed by atoms with Gasteiger partial charge >= 0.3 is 6.09 Å². The van der Waals surface area contributed by atoms with E-state index in [0.29, 0.717) is 37.1 Å². The topological polar surface area (TPSA) is 272 Å². The highest BCUT2D eigenvalue weighted by molar-refractivity contribution is 5.99. The molecule has 1 unspecified atom stereocenters. The molecule has 20 heteroatoms. The van der Waals surface area contributed by atoms with Crippen molar-refractivity contribution in [2.24, 2.45) is 29.4 Å². The monoisotopic (exact) mass is 1190 g/mol. The Morgan fingerprint density at radius 3 is 1.87 bits per heavy atom. The number of methoxy groups -OCH3 is 2. The summed E-state index contributed by atoms with van der Waals surface area (Å²) in [6, 6.07) is 11.0. The van der Waals surface area contributed by atoms with E-state index in [0.717, 1.165) is 31.2 Å². The molecule has 0 aliphatic carbocycles. The van der Waals surface area contributed by atoms with Crippen molar-refractivity contribution in [3.8, 4) is 0 Å². The molecule has 2 aromatic carbocycles.